The number of rotatable bonds is 8. The van der Waals surface area contributed by atoms with Crippen LogP contribution in [0, 0.1) is 6.92 Å². The molecule has 0 saturated carbocycles. The van der Waals surface area contributed by atoms with Crippen LogP contribution in [0.25, 0.3) is 0 Å². The molecule has 0 aliphatic rings. The summed E-state index contributed by atoms with van der Waals surface area (Å²) in [5, 5.41) is 5.94. The lowest BCUT2D eigenvalue weighted by atomic mass is 10.1. The average Bonchev–Trinajstić information content (AvgIpc) is 2.67. The van der Waals surface area contributed by atoms with E-state index in [0.29, 0.717) is 5.69 Å². The van der Waals surface area contributed by atoms with Gasteiger partial charge in [-0.2, -0.15) is 0 Å². The smallest absolute Gasteiger partial charge is 0.242 e. The molecule has 28 heavy (non-hydrogen) atoms. The van der Waals surface area contributed by atoms with Gasteiger partial charge in [-0.05, 0) is 37.6 Å². The van der Waals surface area contributed by atoms with E-state index in [1.54, 1.807) is 13.2 Å². The molecule has 0 radical (unpaired) electrons. The summed E-state index contributed by atoms with van der Waals surface area (Å²) in [5.74, 6) is 0.490. The second kappa shape index (κ2) is 9.18. The van der Waals surface area contributed by atoms with Crippen LogP contribution in [0.2, 0.25) is 0 Å². The molecule has 2 aromatic carbocycles. The zero-order chi connectivity index (χ0) is 20.9. The van der Waals surface area contributed by atoms with E-state index in [1.807, 2.05) is 38.1 Å². The first-order valence-electron chi connectivity index (χ1n) is 8.86. The normalized spacial score (nSPS) is 12.6. The molecule has 152 valence electrons. The van der Waals surface area contributed by atoms with Gasteiger partial charge >= 0.3 is 0 Å². The molecular formula is C20H27N3O4S. The quantitative estimate of drug-likeness (QED) is 0.705. The number of methoxy groups -OCH3 is 1. The largest absolute Gasteiger partial charge is 0.496 e. The summed E-state index contributed by atoms with van der Waals surface area (Å²) in [6, 6.07) is 12.2. The molecule has 1 amide bonds. The Morgan fingerprint density at radius 3 is 2.50 bits per heavy atom. The number of anilines is 1. The minimum Gasteiger partial charge on any atom is -0.496 e. The van der Waals surface area contributed by atoms with Crippen LogP contribution < -0.4 is 15.4 Å². The van der Waals surface area contributed by atoms with Crippen LogP contribution in [-0.4, -0.2) is 46.4 Å². The van der Waals surface area contributed by atoms with Crippen molar-refractivity contribution < 1.29 is 17.9 Å². The monoisotopic (exact) mass is 405 g/mol. The molecule has 1 unspecified atom stereocenters. The van der Waals surface area contributed by atoms with E-state index in [0.717, 1.165) is 21.2 Å². The molecule has 0 fully saturated rings. The van der Waals surface area contributed by atoms with E-state index in [9.17, 15) is 13.2 Å². The van der Waals surface area contributed by atoms with E-state index in [1.165, 1.54) is 26.2 Å². The third kappa shape index (κ3) is 5.09. The van der Waals surface area contributed by atoms with E-state index in [-0.39, 0.29) is 23.4 Å². The summed E-state index contributed by atoms with van der Waals surface area (Å²) in [7, 11) is 0.976. The van der Waals surface area contributed by atoms with Gasteiger partial charge < -0.3 is 15.4 Å². The molecule has 7 nitrogen and oxygen atoms in total. The van der Waals surface area contributed by atoms with Crippen LogP contribution in [0.4, 0.5) is 5.69 Å². The lowest BCUT2D eigenvalue weighted by molar-refractivity contribution is -0.115. The molecule has 0 aromatic heterocycles. The highest BCUT2D eigenvalue weighted by atomic mass is 32.2. The Bertz CT molecular complexity index is 942. The van der Waals surface area contributed by atoms with Gasteiger partial charge in [-0.3, -0.25) is 4.79 Å². The van der Waals surface area contributed by atoms with Crippen molar-refractivity contribution in [3.8, 4) is 5.75 Å². The van der Waals surface area contributed by atoms with Gasteiger partial charge in [0.05, 0.1) is 18.6 Å². The zero-order valence-corrected chi connectivity index (χ0v) is 17.6. The highest BCUT2D eigenvalue weighted by molar-refractivity contribution is 7.89. The van der Waals surface area contributed by atoms with Crippen LogP contribution in [0.15, 0.2) is 47.4 Å². The number of para-hydroxylation sites is 1. The Labute approximate surface area is 166 Å². The van der Waals surface area contributed by atoms with Crippen molar-refractivity contribution in [2.75, 3.05) is 33.1 Å². The Kier molecular flexibility index (Phi) is 7.17. The van der Waals surface area contributed by atoms with Crippen LogP contribution >= 0.6 is 0 Å². The second-order valence-electron chi connectivity index (χ2n) is 6.66. The van der Waals surface area contributed by atoms with Gasteiger partial charge in [0, 0.05) is 31.4 Å². The molecule has 2 aromatic rings. The minimum atomic E-state index is -3.57. The molecule has 2 rings (SSSR count). The number of benzene rings is 2. The van der Waals surface area contributed by atoms with Crippen molar-refractivity contribution >= 4 is 21.6 Å². The lowest BCUT2D eigenvalue weighted by Gasteiger charge is -2.18. The summed E-state index contributed by atoms with van der Waals surface area (Å²) in [6.45, 7) is 3.83. The maximum Gasteiger partial charge on any atom is 0.242 e. The number of hydrogen-bond acceptors (Lipinski definition) is 5. The van der Waals surface area contributed by atoms with Crippen molar-refractivity contribution in [2.24, 2.45) is 0 Å². The molecule has 8 heteroatoms. The van der Waals surface area contributed by atoms with E-state index in [4.69, 9.17) is 4.74 Å². The number of aryl methyl sites for hydroxylation is 1. The predicted octanol–water partition coefficient (Wildman–Crippen LogP) is 2.54. The first kappa shape index (κ1) is 21.9. The van der Waals surface area contributed by atoms with E-state index >= 15 is 0 Å². The molecule has 0 bridgehead atoms. The van der Waals surface area contributed by atoms with Crippen molar-refractivity contribution in [3.63, 3.8) is 0 Å². The number of carbonyl (C=O) groups excluding carboxylic acids is 1. The number of carbonyl (C=O) groups is 1. The maximum absolute atomic E-state index is 12.4. The highest BCUT2D eigenvalue weighted by Crippen LogP contribution is 2.24. The Hall–Kier alpha value is -2.42. The molecular weight excluding hydrogens is 378 g/mol. The van der Waals surface area contributed by atoms with Gasteiger partial charge in [0.2, 0.25) is 15.9 Å². The summed E-state index contributed by atoms with van der Waals surface area (Å²) < 4.78 is 31.1. The van der Waals surface area contributed by atoms with Gasteiger partial charge in [-0.1, -0.05) is 24.3 Å². The second-order valence-corrected chi connectivity index (χ2v) is 8.81. The molecule has 0 spiro atoms. The van der Waals surface area contributed by atoms with Gasteiger partial charge in [0.15, 0.2) is 0 Å². The zero-order valence-electron chi connectivity index (χ0n) is 16.8. The number of sulfonamides is 1. The SMILES string of the molecule is COc1ccccc1C(C)NCC(=O)Nc1cc(S(=O)(=O)N(C)C)ccc1C. The number of hydrogen-bond donors (Lipinski definition) is 2. The molecule has 0 saturated heterocycles. The van der Waals surface area contributed by atoms with Crippen molar-refractivity contribution in [1.29, 1.82) is 0 Å². The molecule has 2 N–H and O–H groups in total. The topological polar surface area (TPSA) is 87.7 Å². The van der Waals surface area contributed by atoms with Crippen molar-refractivity contribution in [3.05, 3.63) is 53.6 Å². The van der Waals surface area contributed by atoms with Crippen molar-refractivity contribution in [2.45, 2.75) is 24.8 Å². The van der Waals surface area contributed by atoms with Gasteiger partial charge in [-0.15, -0.1) is 0 Å². The van der Waals surface area contributed by atoms with Crippen LogP contribution in [0.1, 0.15) is 24.1 Å². The Balaban J connectivity index is 2.07. The maximum atomic E-state index is 12.4. The highest BCUT2D eigenvalue weighted by Gasteiger charge is 2.19. The third-order valence-electron chi connectivity index (χ3n) is 4.44. The number of ether oxygens (including phenoxy) is 1. The molecule has 0 aliphatic carbocycles. The summed E-state index contributed by atoms with van der Waals surface area (Å²) in [6.07, 6.45) is 0. The average molecular weight is 406 g/mol. The molecule has 0 aliphatic heterocycles. The summed E-state index contributed by atoms with van der Waals surface area (Å²) in [4.78, 5) is 12.5. The number of amides is 1. The third-order valence-corrected chi connectivity index (χ3v) is 6.25. The fourth-order valence-corrected chi connectivity index (χ4v) is 3.61. The van der Waals surface area contributed by atoms with Crippen LogP contribution in [0.3, 0.4) is 0 Å². The summed E-state index contributed by atoms with van der Waals surface area (Å²) >= 11 is 0. The predicted molar refractivity (Wildman–Crippen MR) is 110 cm³/mol. The van der Waals surface area contributed by atoms with Crippen LogP contribution in [0.5, 0.6) is 5.75 Å². The number of nitrogens with one attached hydrogen (secondary N) is 2. The standard InChI is InChI=1S/C20H27N3O4S/c1-14-10-11-16(28(25,26)23(3)4)12-18(14)22-20(24)13-21-15(2)17-8-6-7-9-19(17)27-5/h6-12,15,21H,13H2,1-5H3,(H,22,24). The number of nitrogens with zero attached hydrogens (tertiary/aromatic N) is 1. The Morgan fingerprint density at radius 1 is 1.18 bits per heavy atom. The minimum absolute atomic E-state index is 0.0727. The molecule has 1 atom stereocenters. The van der Waals surface area contributed by atoms with Gasteiger partial charge in [0.1, 0.15) is 5.75 Å². The van der Waals surface area contributed by atoms with Crippen LogP contribution in [-0.2, 0) is 14.8 Å². The molecule has 0 heterocycles. The van der Waals surface area contributed by atoms with E-state index in [2.05, 4.69) is 10.6 Å². The fourth-order valence-electron chi connectivity index (χ4n) is 2.68. The fraction of sp³-hybridized carbons (Fsp3) is 0.350. The van der Waals surface area contributed by atoms with Gasteiger partial charge in [-0.25, -0.2) is 12.7 Å². The van der Waals surface area contributed by atoms with Crippen molar-refractivity contribution in [1.82, 2.24) is 9.62 Å². The van der Waals surface area contributed by atoms with Gasteiger partial charge in [0.25, 0.3) is 0 Å². The Morgan fingerprint density at radius 2 is 1.86 bits per heavy atom. The first-order chi connectivity index (χ1) is 13.2. The van der Waals surface area contributed by atoms with E-state index < -0.39 is 10.0 Å². The lowest BCUT2D eigenvalue weighted by Crippen LogP contribution is -2.30. The first-order valence-corrected chi connectivity index (χ1v) is 10.3. The summed E-state index contributed by atoms with van der Waals surface area (Å²) in [5.41, 5.74) is 2.21.